The number of halogens is 1. The molecule has 0 fully saturated rings. The number of hydrogen-bond donors (Lipinski definition) is 2. The maximum absolute atomic E-state index is 8.93. The zero-order valence-corrected chi connectivity index (χ0v) is 8.79. The average molecular weight is 242 g/mol. The summed E-state index contributed by atoms with van der Waals surface area (Å²) < 4.78 is 0.982. The second-order valence-corrected chi connectivity index (χ2v) is 3.50. The van der Waals surface area contributed by atoms with Gasteiger partial charge in [-0.1, -0.05) is 18.2 Å². The minimum Gasteiger partial charge on any atom is -0.394 e. The molecule has 0 saturated carbocycles. The quantitative estimate of drug-likeness (QED) is 0.794. The summed E-state index contributed by atoms with van der Waals surface area (Å²) in [5, 5.41) is 12.1. The molecule has 2 nitrogen and oxygen atoms in total. The molecule has 0 aliphatic carbocycles. The van der Waals surface area contributed by atoms with Crippen LogP contribution in [0.25, 0.3) is 0 Å². The van der Waals surface area contributed by atoms with Crippen LogP contribution in [0.2, 0.25) is 0 Å². The molecule has 1 aromatic carbocycles. The van der Waals surface area contributed by atoms with Crippen LogP contribution in [0, 0.1) is 0 Å². The van der Waals surface area contributed by atoms with E-state index in [0.29, 0.717) is 0 Å². The van der Waals surface area contributed by atoms with Crippen molar-refractivity contribution in [3.63, 3.8) is 0 Å². The molecule has 1 aromatic rings. The van der Waals surface area contributed by atoms with E-state index in [1.807, 2.05) is 24.3 Å². The number of anilines is 1. The average Bonchev–Trinajstić information content (AvgIpc) is 2.17. The summed E-state index contributed by atoms with van der Waals surface area (Å²) in [6, 6.07) is 7.66. The van der Waals surface area contributed by atoms with Gasteiger partial charge in [0.2, 0.25) is 0 Å². The van der Waals surface area contributed by atoms with Crippen molar-refractivity contribution in [3.05, 3.63) is 41.4 Å². The number of aliphatic hydroxyl groups is 1. The van der Waals surface area contributed by atoms with E-state index in [-0.39, 0.29) is 12.6 Å². The Bertz CT molecular complexity index is 288. The van der Waals surface area contributed by atoms with Gasteiger partial charge in [-0.2, -0.15) is 0 Å². The molecule has 70 valence electrons. The summed E-state index contributed by atoms with van der Waals surface area (Å²) in [6.45, 7) is 3.67. The van der Waals surface area contributed by atoms with Crippen molar-refractivity contribution in [2.45, 2.75) is 6.04 Å². The van der Waals surface area contributed by atoms with Crippen LogP contribution in [-0.2, 0) is 0 Å². The van der Waals surface area contributed by atoms with E-state index in [2.05, 4.69) is 27.8 Å². The first kappa shape index (κ1) is 10.3. The minimum atomic E-state index is -0.0984. The van der Waals surface area contributed by atoms with Crippen LogP contribution in [0.4, 0.5) is 5.69 Å². The smallest absolute Gasteiger partial charge is 0.0673 e. The van der Waals surface area contributed by atoms with Crippen molar-refractivity contribution in [3.8, 4) is 0 Å². The third-order valence-electron chi connectivity index (χ3n) is 1.70. The molecule has 0 spiro atoms. The van der Waals surface area contributed by atoms with E-state index >= 15 is 0 Å². The predicted octanol–water partition coefficient (Wildman–Crippen LogP) is 2.41. The van der Waals surface area contributed by atoms with Gasteiger partial charge in [-0.15, -0.1) is 6.58 Å². The second-order valence-electron chi connectivity index (χ2n) is 2.65. The molecule has 3 heteroatoms. The highest BCUT2D eigenvalue weighted by molar-refractivity contribution is 9.10. The number of nitrogens with one attached hydrogen (secondary N) is 1. The van der Waals surface area contributed by atoms with Gasteiger partial charge < -0.3 is 10.4 Å². The van der Waals surface area contributed by atoms with Gasteiger partial charge in [-0.05, 0) is 28.1 Å². The molecule has 13 heavy (non-hydrogen) atoms. The van der Waals surface area contributed by atoms with Gasteiger partial charge in [0.25, 0.3) is 0 Å². The number of para-hydroxylation sites is 1. The Morgan fingerprint density at radius 2 is 2.23 bits per heavy atom. The fraction of sp³-hybridized carbons (Fsp3) is 0.200. The van der Waals surface area contributed by atoms with Gasteiger partial charge in [-0.25, -0.2) is 0 Å². The highest BCUT2D eigenvalue weighted by Gasteiger charge is 2.03. The van der Waals surface area contributed by atoms with Gasteiger partial charge in [0, 0.05) is 10.2 Å². The Hall–Kier alpha value is -0.800. The van der Waals surface area contributed by atoms with Crippen LogP contribution in [0.15, 0.2) is 41.4 Å². The maximum atomic E-state index is 8.93. The van der Waals surface area contributed by atoms with Crippen LogP contribution in [-0.4, -0.2) is 17.8 Å². The molecular weight excluding hydrogens is 230 g/mol. The van der Waals surface area contributed by atoms with Crippen molar-refractivity contribution >= 4 is 21.6 Å². The molecule has 0 bridgehead atoms. The maximum Gasteiger partial charge on any atom is 0.0673 e. The fourth-order valence-electron chi connectivity index (χ4n) is 0.957. The van der Waals surface area contributed by atoms with Crippen LogP contribution in [0.1, 0.15) is 0 Å². The van der Waals surface area contributed by atoms with Crippen LogP contribution < -0.4 is 5.32 Å². The molecule has 1 unspecified atom stereocenters. The van der Waals surface area contributed by atoms with Crippen molar-refractivity contribution in [2.75, 3.05) is 11.9 Å². The van der Waals surface area contributed by atoms with Crippen LogP contribution in [0.5, 0.6) is 0 Å². The Kier molecular flexibility index (Phi) is 3.99. The lowest BCUT2D eigenvalue weighted by Gasteiger charge is -2.14. The first-order valence-electron chi connectivity index (χ1n) is 4.02. The molecule has 0 radical (unpaired) electrons. The van der Waals surface area contributed by atoms with Crippen molar-refractivity contribution in [1.82, 2.24) is 0 Å². The van der Waals surface area contributed by atoms with E-state index in [4.69, 9.17) is 5.11 Å². The van der Waals surface area contributed by atoms with Gasteiger partial charge in [0.1, 0.15) is 0 Å². The third kappa shape index (κ3) is 2.86. The number of rotatable bonds is 4. The molecule has 0 saturated heterocycles. The monoisotopic (exact) mass is 241 g/mol. The Morgan fingerprint density at radius 1 is 1.54 bits per heavy atom. The van der Waals surface area contributed by atoms with E-state index in [0.717, 1.165) is 10.2 Å². The van der Waals surface area contributed by atoms with Crippen molar-refractivity contribution in [1.29, 1.82) is 0 Å². The third-order valence-corrected chi connectivity index (χ3v) is 2.39. The van der Waals surface area contributed by atoms with Gasteiger partial charge in [0.05, 0.1) is 12.6 Å². The van der Waals surface area contributed by atoms with E-state index in [1.165, 1.54) is 0 Å². The predicted molar refractivity (Wildman–Crippen MR) is 58.8 cm³/mol. The van der Waals surface area contributed by atoms with E-state index in [1.54, 1.807) is 6.08 Å². The SMILES string of the molecule is C=CC(CO)Nc1ccccc1Br. The zero-order chi connectivity index (χ0) is 9.68. The number of hydrogen-bond acceptors (Lipinski definition) is 2. The molecule has 0 aliphatic heterocycles. The lowest BCUT2D eigenvalue weighted by molar-refractivity contribution is 0.291. The molecule has 1 rings (SSSR count). The first-order valence-corrected chi connectivity index (χ1v) is 4.81. The number of benzene rings is 1. The standard InChI is InChI=1S/C10H12BrNO/c1-2-8(7-13)12-10-6-4-3-5-9(10)11/h2-6,8,12-13H,1,7H2. The second kappa shape index (κ2) is 5.04. The summed E-state index contributed by atoms with van der Waals surface area (Å²) in [6.07, 6.45) is 1.68. The Labute approximate surface area is 86.4 Å². The van der Waals surface area contributed by atoms with Gasteiger partial charge in [-0.3, -0.25) is 0 Å². The molecule has 0 aromatic heterocycles. The Morgan fingerprint density at radius 3 is 2.77 bits per heavy atom. The molecular formula is C10H12BrNO. The zero-order valence-electron chi connectivity index (χ0n) is 7.20. The van der Waals surface area contributed by atoms with Crippen LogP contribution in [0.3, 0.4) is 0 Å². The van der Waals surface area contributed by atoms with Crippen molar-refractivity contribution < 1.29 is 5.11 Å². The number of aliphatic hydroxyl groups excluding tert-OH is 1. The highest BCUT2D eigenvalue weighted by atomic mass is 79.9. The largest absolute Gasteiger partial charge is 0.394 e. The minimum absolute atomic E-state index is 0.0465. The Balaban J connectivity index is 2.73. The lowest BCUT2D eigenvalue weighted by atomic mass is 10.2. The van der Waals surface area contributed by atoms with Crippen molar-refractivity contribution in [2.24, 2.45) is 0 Å². The molecule has 0 aliphatic rings. The molecule has 1 atom stereocenters. The lowest BCUT2D eigenvalue weighted by Crippen LogP contribution is -2.20. The summed E-state index contributed by atoms with van der Waals surface area (Å²) in [4.78, 5) is 0. The first-order chi connectivity index (χ1) is 6.27. The molecule has 0 amide bonds. The van der Waals surface area contributed by atoms with E-state index < -0.39 is 0 Å². The normalized spacial score (nSPS) is 12.2. The van der Waals surface area contributed by atoms with Crippen LogP contribution >= 0.6 is 15.9 Å². The summed E-state index contributed by atoms with van der Waals surface area (Å²) in [5.41, 5.74) is 0.960. The van der Waals surface area contributed by atoms with Gasteiger partial charge >= 0.3 is 0 Å². The molecule has 2 N–H and O–H groups in total. The molecule has 0 heterocycles. The summed E-state index contributed by atoms with van der Waals surface area (Å²) >= 11 is 3.40. The fourth-order valence-corrected chi connectivity index (χ4v) is 1.36. The van der Waals surface area contributed by atoms with Gasteiger partial charge in [0.15, 0.2) is 0 Å². The summed E-state index contributed by atoms with van der Waals surface area (Å²) in [7, 11) is 0. The topological polar surface area (TPSA) is 32.3 Å². The highest BCUT2D eigenvalue weighted by Crippen LogP contribution is 2.21. The van der Waals surface area contributed by atoms with E-state index in [9.17, 15) is 0 Å². The summed E-state index contributed by atoms with van der Waals surface area (Å²) in [5.74, 6) is 0.